The third-order valence-corrected chi connectivity index (χ3v) is 4.72. The molecule has 0 radical (unpaired) electrons. The molecular weight excluding hydrogens is 326 g/mol. The van der Waals surface area contributed by atoms with Crippen molar-refractivity contribution in [3.05, 3.63) is 48.4 Å². The summed E-state index contributed by atoms with van der Waals surface area (Å²) in [6, 6.07) is 5.90. The fraction of sp³-hybridized carbons (Fsp3) is 0.250. The van der Waals surface area contributed by atoms with Gasteiger partial charge in [0.2, 0.25) is 5.71 Å². The summed E-state index contributed by atoms with van der Waals surface area (Å²) in [5, 5.41) is 1.81. The second kappa shape index (κ2) is 5.42. The predicted molar refractivity (Wildman–Crippen MR) is 103 cm³/mol. The Kier molecular flexibility index (Phi) is 2.39. The van der Waals surface area contributed by atoms with E-state index in [1.807, 2.05) is 36.1 Å². The molecule has 0 N–H and O–H groups in total. The van der Waals surface area contributed by atoms with E-state index in [1.165, 1.54) is 18.0 Å². The van der Waals surface area contributed by atoms with Gasteiger partial charge in [-0.25, -0.2) is 15.0 Å². The molecule has 1 atom stereocenters. The van der Waals surface area contributed by atoms with Crippen molar-refractivity contribution >= 4 is 39.4 Å². The highest BCUT2D eigenvalue weighted by atomic mass is 16.3. The lowest BCUT2D eigenvalue weighted by molar-refractivity contribution is 0.650. The first-order valence-electron chi connectivity index (χ1n) is 10.3. The first-order chi connectivity index (χ1) is 14.2. The van der Waals surface area contributed by atoms with Crippen LogP contribution >= 0.6 is 0 Å². The van der Waals surface area contributed by atoms with Gasteiger partial charge in [-0.2, -0.15) is 0 Å². The Hall–Kier alpha value is -3.15. The van der Waals surface area contributed by atoms with Gasteiger partial charge in [-0.3, -0.25) is 0 Å². The van der Waals surface area contributed by atoms with Crippen molar-refractivity contribution in [2.75, 3.05) is 16.5 Å². The molecule has 0 saturated heterocycles. The number of pyridine rings is 1. The number of fused-ring (bicyclic) bond motifs is 4. The van der Waals surface area contributed by atoms with E-state index in [1.54, 1.807) is 12.4 Å². The van der Waals surface area contributed by atoms with Crippen LogP contribution in [-0.2, 0) is 0 Å². The van der Waals surface area contributed by atoms with Gasteiger partial charge in [-0.15, -0.1) is 0 Å². The molecule has 5 rings (SSSR count). The minimum absolute atomic E-state index is 0.113. The molecular formula is C20H19N5O. The average molecular weight is 349 g/mol. The molecule has 1 aromatic carbocycles. The zero-order valence-electron chi connectivity index (χ0n) is 18.4. The van der Waals surface area contributed by atoms with Gasteiger partial charge >= 0.3 is 0 Å². The lowest BCUT2D eigenvalue weighted by Crippen LogP contribution is -2.34. The standard InChI is InChI=1S/C20H19N5O/c1-12(2)24-11-25(19-18(24)21-9-10-22-19)16-13(3)6-7-14-15-5-4-8-23-20(15)26-17(14)16/h4-10,12H,11H2,1-3H3/i1D3,12D. The SMILES string of the molecule is [2H]C([2H])([2H])C([2H])(C)N1CN(c2c(C)ccc3c2oc2ncccc23)c2nccnc21. The maximum absolute atomic E-state index is 8.60. The Bertz CT molecular complexity index is 1280. The third kappa shape index (κ3) is 2.02. The Morgan fingerprint density at radius 3 is 2.81 bits per heavy atom. The number of anilines is 3. The van der Waals surface area contributed by atoms with Gasteiger partial charge in [-0.05, 0) is 38.4 Å². The Balaban J connectivity index is 1.74. The fourth-order valence-corrected chi connectivity index (χ4v) is 3.52. The van der Waals surface area contributed by atoms with Crippen LogP contribution in [0, 0.1) is 6.92 Å². The molecule has 4 heterocycles. The molecule has 4 aromatic rings. The fourth-order valence-electron chi connectivity index (χ4n) is 3.52. The number of aryl methyl sites for hydroxylation is 1. The third-order valence-electron chi connectivity index (χ3n) is 4.72. The molecule has 1 aliphatic rings. The van der Waals surface area contributed by atoms with Gasteiger partial charge in [0.05, 0.1) is 13.7 Å². The lowest BCUT2D eigenvalue weighted by atomic mass is 10.1. The second-order valence-electron chi connectivity index (χ2n) is 6.35. The van der Waals surface area contributed by atoms with Crippen LogP contribution in [-0.4, -0.2) is 27.6 Å². The van der Waals surface area contributed by atoms with Crippen molar-refractivity contribution in [2.45, 2.75) is 26.7 Å². The van der Waals surface area contributed by atoms with E-state index in [2.05, 4.69) is 15.0 Å². The average Bonchev–Trinajstić information content (AvgIpc) is 3.26. The summed E-state index contributed by atoms with van der Waals surface area (Å²) < 4.78 is 38.3. The van der Waals surface area contributed by atoms with E-state index in [4.69, 9.17) is 9.90 Å². The Labute approximate surface area is 156 Å². The lowest BCUT2D eigenvalue weighted by Gasteiger charge is -2.24. The summed E-state index contributed by atoms with van der Waals surface area (Å²) in [6.07, 6.45) is 4.74. The molecule has 0 spiro atoms. The van der Waals surface area contributed by atoms with Crippen LogP contribution in [0.5, 0.6) is 0 Å². The van der Waals surface area contributed by atoms with Crippen molar-refractivity contribution in [2.24, 2.45) is 0 Å². The van der Waals surface area contributed by atoms with E-state index in [9.17, 15) is 0 Å². The molecule has 0 amide bonds. The summed E-state index contributed by atoms with van der Waals surface area (Å²) in [6.45, 7) is 0.905. The monoisotopic (exact) mass is 349 g/mol. The number of benzene rings is 1. The zero-order valence-corrected chi connectivity index (χ0v) is 14.4. The highest BCUT2D eigenvalue weighted by molar-refractivity contribution is 6.09. The normalized spacial score (nSPS) is 19.0. The van der Waals surface area contributed by atoms with Crippen LogP contribution in [0.2, 0.25) is 0 Å². The molecule has 0 aliphatic carbocycles. The maximum atomic E-state index is 8.60. The molecule has 0 saturated carbocycles. The van der Waals surface area contributed by atoms with Crippen LogP contribution < -0.4 is 9.80 Å². The smallest absolute Gasteiger partial charge is 0.227 e. The van der Waals surface area contributed by atoms with Gasteiger partial charge < -0.3 is 14.2 Å². The predicted octanol–water partition coefficient (Wildman–Crippen LogP) is 4.40. The van der Waals surface area contributed by atoms with Crippen LogP contribution in [0.25, 0.3) is 22.1 Å². The molecule has 130 valence electrons. The minimum atomic E-state index is -2.54. The van der Waals surface area contributed by atoms with E-state index in [-0.39, 0.29) is 6.67 Å². The van der Waals surface area contributed by atoms with Crippen molar-refractivity contribution < 1.29 is 9.90 Å². The number of furan rings is 1. The summed E-state index contributed by atoms with van der Waals surface area (Å²) >= 11 is 0. The van der Waals surface area contributed by atoms with E-state index in [0.29, 0.717) is 22.9 Å². The van der Waals surface area contributed by atoms with Crippen molar-refractivity contribution in [3.63, 3.8) is 0 Å². The van der Waals surface area contributed by atoms with Crippen molar-refractivity contribution in [3.8, 4) is 0 Å². The van der Waals surface area contributed by atoms with Crippen LogP contribution in [0.3, 0.4) is 0 Å². The Morgan fingerprint density at radius 2 is 1.96 bits per heavy atom. The first kappa shape index (κ1) is 11.5. The molecule has 6 heteroatoms. The van der Waals surface area contributed by atoms with Crippen LogP contribution in [0.1, 0.15) is 24.8 Å². The maximum Gasteiger partial charge on any atom is 0.227 e. The van der Waals surface area contributed by atoms with Gasteiger partial charge in [0, 0.05) is 39.5 Å². The summed E-state index contributed by atoms with van der Waals surface area (Å²) in [7, 11) is 0. The van der Waals surface area contributed by atoms with Crippen molar-refractivity contribution in [1.29, 1.82) is 0 Å². The van der Waals surface area contributed by atoms with Gasteiger partial charge in [0.25, 0.3) is 0 Å². The molecule has 1 unspecified atom stereocenters. The largest absolute Gasteiger partial charge is 0.435 e. The highest BCUT2D eigenvalue weighted by Crippen LogP contribution is 2.44. The highest BCUT2D eigenvalue weighted by Gasteiger charge is 2.33. The molecule has 1 aliphatic heterocycles. The van der Waals surface area contributed by atoms with Gasteiger partial charge in [0.1, 0.15) is 0 Å². The number of hydrogen-bond donors (Lipinski definition) is 0. The zero-order chi connectivity index (χ0) is 21.3. The minimum Gasteiger partial charge on any atom is -0.435 e. The van der Waals surface area contributed by atoms with Gasteiger partial charge in [-0.1, -0.05) is 12.1 Å². The number of aromatic nitrogens is 3. The van der Waals surface area contributed by atoms with Crippen LogP contribution in [0.4, 0.5) is 17.3 Å². The molecule has 0 fully saturated rings. The molecule has 3 aromatic heterocycles. The van der Waals surface area contributed by atoms with Crippen LogP contribution in [0.15, 0.2) is 47.3 Å². The van der Waals surface area contributed by atoms with Gasteiger partial charge in [0.15, 0.2) is 17.2 Å². The summed E-state index contributed by atoms with van der Waals surface area (Å²) in [5.41, 5.74) is 2.86. The first-order valence-corrected chi connectivity index (χ1v) is 8.33. The number of hydrogen-bond acceptors (Lipinski definition) is 6. The quantitative estimate of drug-likeness (QED) is 0.534. The Morgan fingerprint density at radius 1 is 1.12 bits per heavy atom. The molecule has 0 bridgehead atoms. The summed E-state index contributed by atoms with van der Waals surface area (Å²) in [5.74, 6) is 0.848. The number of nitrogens with zero attached hydrogens (tertiary/aromatic N) is 5. The van der Waals surface area contributed by atoms with E-state index >= 15 is 0 Å². The summed E-state index contributed by atoms with van der Waals surface area (Å²) in [4.78, 5) is 16.5. The van der Waals surface area contributed by atoms with E-state index < -0.39 is 12.9 Å². The topological polar surface area (TPSA) is 58.3 Å². The second-order valence-corrected chi connectivity index (χ2v) is 6.35. The van der Waals surface area contributed by atoms with E-state index in [0.717, 1.165) is 22.0 Å². The van der Waals surface area contributed by atoms with Crippen molar-refractivity contribution in [1.82, 2.24) is 15.0 Å². The molecule has 6 nitrogen and oxygen atoms in total. The number of rotatable bonds is 2. The molecule has 26 heavy (non-hydrogen) atoms.